The molecule has 0 bridgehead atoms. The summed E-state index contributed by atoms with van der Waals surface area (Å²) < 4.78 is 5.65. The molecular formula is C23H20ClN3O4S. The fraction of sp³-hybridized carbons (Fsp3) is 0.174. The van der Waals surface area contributed by atoms with Crippen molar-refractivity contribution in [1.29, 1.82) is 0 Å². The number of halogens is 1. The van der Waals surface area contributed by atoms with E-state index in [1.165, 1.54) is 0 Å². The quantitative estimate of drug-likeness (QED) is 0.573. The zero-order valence-corrected chi connectivity index (χ0v) is 18.5. The molecule has 2 heterocycles. The van der Waals surface area contributed by atoms with Gasteiger partial charge in [0.2, 0.25) is 0 Å². The SMILES string of the molecule is O=C(N[C@H](C(=O)Nc1ccc(N2CCOCC2=O)cc1)c1ccccc1)c1ccc(Cl)s1. The third kappa shape index (κ3) is 5.16. The van der Waals surface area contributed by atoms with Gasteiger partial charge in [-0.15, -0.1) is 11.3 Å². The van der Waals surface area contributed by atoms with Gasteiger partial charge in [-0.2, -0.15) is 0 Å². The molecule has 0 unspecified atom stereocenters. The summed E-state index contributed by atoms with van der Waals surface area (Å²) >= 11 is 7.08. The summed E-state index contributed by atoms with van der Waals surface area (Å²) in [6.07, 6.45) is 0. The van der Waals surface area contributed by atoms with Crippen LogP contribution in [0.15, 0.2) is 66.7 Å². The van der Waals surface area contributed by atoms with Gasteiger partial charge in [0, 0.05) is 17.9 Å². The van der Waals surface area contributed by atoms with Gasteiger partial charge in [-0.1, -0.05) is 41.9 Å². The number of hydrogen-bond acceptors (Lipinski definition) is 5. The molecule has 0 aliphatic carbocycles. The van der Waals surface area contributed by atoms with E-state index in [0.717, 1.165) is 17.0 Å². The first kappa shape index (κ1) is 22.0. The summed E-state index contributed by atoms with van der Waals surface area (Å²) in [5.41, 5.74) is 1.93. The number of benzene rings is 2. The number of anilines is 2. The highest BCUT2D eigenvalue weighted by Gasteiger charge is 2.25. The number of rotatable bonds is 6. The van der Waals surface area contributed by atoms with Crippen LogP contribution >= 0.6 is 22.9 Å². The monoisotopic (exact) mass is 469 g/mol. The third-order valence-electron chi connectivity index (χ3n) is 4.90. The van der Waals surface area contributed by atoms with Crippen molar-refractivity contribution in [3.05, 3.63) is 81.5 Å². The van der Waals surface area contributed by atoms with Gasteiger partial charge in [0.25, 0.3) is 17.7 Å². The Morgan fingerprint density at radius 1 is 1.03 bits per heavy atom. The molecule has 0 spiro atoms. The lowest BCUT2D eigenvalue weighted by atomic mass is 10.1. The van der Waals surface area contributed by atoms with Crippen LogP contribution in [-0.2, 0) is 14.3 Å². The number of nitrogens with one attached hydrogen (secondary N) is 2. The van der Waals surface area contributed by atoms with Gasteiger partial charge in [-0.05, 0) is 42.0 Å². The molecule has 0 radical (unpaired) electrons. The van der Waals surface area contributed by atoms with E-state index in [0.29, 0.717) is 33.6 Å². The smallest absolute Gasteiger partial charge is 0.262 e. The fourth-order valence-corrected chi connectivity index (χ4v) is 4.26. The number of carbonyl (C=O) groups is 3. The maximum atomic E-state index is 13.1. The summed E-state index contributed by atoms with van der Waals surface area (Å²) in [4.78, 5) is 39.8. The van der Waals surface area contributed by atoms with Crippen molar-refractivity contribution in [2.75, 3.05) is 30.0 Å². The number of hydrogen-bond donors (Lipinski definition) is 2. The predicted octanol–water partition coefficient (Wildman–Crippen LogP) is 3.87. The lowest BCUT2D eigenvalue weighted by Gasteiger charge is -2.27. The molecule has 1 atom stereocenters. The Morgan fingerprint density at radius 3 is 2.44 bits per heavy atom. The van der Waals surface area contributed by atoms with Gasteiger partial charge in [-0.25, -0.2) is 0 Å². The molecule has 164 valence electrons. The molecular weight excluding hydrogens is 450 g/mol. The first-order valence-corrected chi connectivity index (χ1v) is 11.1. The van der Waals surface area contributed by atoms with Crippen LogP contribution in [0.4, 0.5) is 11.4 Å². The summed E-state index contributed by atoms with van der Waals surface area (Å²) in [5.74, 6) is -0.872. The highest BCUT2D eigenvalue weighted by Crippen LogP contribution is 2.24. The van der Waals surface area contributed by atoms with E-state index in [1.54, 1.807) is 65.6 Å². The largest absolute Gasteiger partial charge is 0.370 e. The topological polar surface area (TPSA) is 87.7 Å². The van der Waals surface area contributed by atoms with Gasteiger partial charge >= 0.3 is 0 Å². The molecule has 2 aromatic carbocycles. The van der Waals surface area contributed by atoms with Crippen LogP contribution in [0.5, 0.6) is 0 Å². The number of thiophene rings is 1. The van der Waals surface area contributed by atoms with E-state index >= 15 is 0 Å². The average molecular weight is 470 g/mol. The van der Waals surface area contributed by atoms with Gasteiger partial charge in [-0.3, -0.25) is 14.4 Å². The molecule has 1 aliphatic rings. The van der Waals surface area contributed by atoms with Gasteiger partial charge in [0.1, 0.15) is 12.6 Å². The average Bonchev–Trinajstić information content (AvgIpc) is 3.25. The summed E-state index contributed by atoms with van der Waals surface area (Å²) in [6.45, 7) is 1.03. The molecule has 3 amide bonds. The Hall–Kier alpha value is -3.20. The number of morpholine rings is 1. The molecule has 9 heteroatoms. The minimum Gasteiger partial charge on any atom is -0.370 e. The molecule has 1 saturated heterocycles. The van der Waals surface area contributed by atoms with Crippen LogP contribution < -0.4 is 15.5 Å². The van der Waals surface area contributed by atoms with E-state index in [4.69, 9.17) is 16.3 Å². The van der Waals surface area contributed by atoms with Crippen molar-refractivity contribution in [2.24, 2.45) is 0 Å². The molecule has 4 rings (SSSR count). The van der Waals surface area contributed by atoms with Crippen molar-refractivity contribution in [2.45, 2.75) is 6.04 Å². The molecule has 1 aromatic heterocycles. The Morgan fingerprint density at radius 2 is 1.78 bits per heavy atom. The van der Waals surface area contributed by atoms with Crippen LogP contribution in [0.25, 0.3) is 0 Å². The first-order valence-electron chi connectivity index (χ1n) is 9.91. The van der Waals surface area contributed by atoms with Crippen LogP contribution in [0.2, 0.25) is 4.34 Å². The Bertz CT molecular complexity index is 1120. The van der Waals surface area contributed by atoms with E-state index in [-0.39, 0.29) is 24.3 Å². The lowest BCUT2D eigenvalue weighted by Crippen LogP contribution is -2.41. The number of nitrogens with zero attached hydrogens (tertiary/aromatic N) is 1. The van der Waals surface area contributed by atoms with Crippen molar-refractivity contribution in [3.63, 3.8) is 0 Å². The van der Waals surface area contributed by atoms with Crippen LogP contribution in [0.1, 0.15) is 21.3 Å². The Kier molecular flexibility index (Phi) is 6.84. The van der Waals surface area contributed by atoms with E-state index < -0.39 is 6.04 Å². The van der Waals surface area contributed by atoms with Crippen molar-refractivity contribution in [1.82, 2.24) is 5.32 Å². The maximum absolute atomic E-state index is 13.1. The van der Waals surface area contributed by atoms with Crippen LogP contribution in [0, 0.1) is 0 Å². The molecule has 0 saturated carbocycles. The molecule has 2 N–H and O–H groups in total. The minimum absolute atomic E-state index is 0.0619. The van der Waals surface area contributed by atoms with E-state index in [9.17, 15) is 14.4 Å². The Balaban J connectivity index is 1.49. The van der Waals surface area contributed by atoms with E-state index in [2.05, 4.69) is 10.6 Å². The van der Waals surface area contributed by atoms with E-state index in [1.807, 2.05) is 6.07 Å². The van der Waals surface area contributed by atoms with Gasteiger partial charge in [0.15, 0.2) is 0 Å². The van der Waals surface area contributed by atoms with Crippen LogP contribution in [0.3, 0.4) is 0 Å². The molecule has 1 fully saturated rings. The number of ether oxygens (including phenoxy) is 1. The third-order valence-corrected chi connectivity index (χ3v) is 6.13. The summed E-state index contributed by atoms with van der Waals surface area (Å²) in [5, 5.41) is 5.63. The maximum Gasteiger partial charge on any atom is 0.262 e. The van der Waals surface area contributed by atoms with Gasteiger partial charge < -0.3 is 20.3 Å². The van der Waals surface area contributed by atoms with Crippen LogP contribution in [-0.4, -0.2) is 37.5 Å². The minimum atomic E-state index is -0.898. The number of carbonyl (C=O) groups excluding carboxylic acids is 3. The second-order valence-corrected chi connectivity index (χ2v) is 8.77. The first-order chi connectivity index (χ1) is 15.5. The normalized spacial score (nSPS) is 14.7. The van der Waals surface area contributed by atoms with Gasteiger partial charge in [0.05, 0.1) is 15.8 Å². The van der Waals surface area contributed by atoms with Crippen molar-refractivity contribution in [3.8, 4) is 0 Å². The fourth-order valence-electron chi connectivity index (χ4n) is 3.31. The standard InChI is InChI=1S/C23H20ClN3O4S/c24-19-11-10-18(32-19)22(29)26-21(15-4-2-1-3-5-15)23(30)25-16-6-8-17(9-7-16)27-12-13-31-14-20(27)28/h1-11,21H,12-14H2,(H,25,30)(H,26,29)/t21-/m0/s1. The van der Waals surface area contributed by atoms with Crippen molar-refractivity contribution >= 4 is 52.0 Å². The second kappa shape index (κ2) is 9.95. The zero-order valence-electron chi connectivity index (χ0n) is 16.9. The predicted molar refractivity (Wildman–Crippen MR) is 124 cm³/mol. The lowest BCUT2D eigenvalue weighted by molar-refractivity contribution is -0.125. The van der Waals surface area contributed by atoms with Crippen molar-refractivity contribution < 1.29 is 19.1 Å². The molecule has 3 aromatic rings. The zero-order chi connectivity index (χ0) is 22.5. The summed E-state index contributed by atoms with van der Waals surface area (Å²) in [7, 11) is 0. The highest BCUT2D eigenvalue weighted by atomic mass is 35.5. The number of amides is 3. The summed E-state index contributed by atoms with van der Waals surface area (Å²) in [6, 6.07) is 18.3. The molecule has 7 nitrogen and oxygen atoms in total. The molecule has 1 aliphatic heterocycles. The Labute approximate surface area is 193 Å². The molecule has 32 heavy (non-hydrogen) atoms. The second-order valence-electron chi connectivity index (χ2n) is 7.06. The highest BCUT2D eigenvalue weighted by molar-refractivity contribution is 7.18.